The number of rotatable bonds is 0. The Morgan fingerprint density at radius 2 is 1.62 bits per heavy atom. The van der Waals surface area contributed by atoms with Gasteiger partial charge in [0.1, 0.15) is 0 Å². The Balaban J connectivity index is 2.32. The van der Waals surface area contributed by atoms with Gasteiger partial charge in [0.25, 0.3) is 0 Å². The lowest BCUT2D eigenvalue weighted by molar-refractivity contribution is -0.119. The summed E-state index contributed by atoms with van der Waals surface area (Å²) in [7, 11) is 0. The van der Waals surface area contributed by atoms with Crippen molar-refractivity contribution in [1.82, 2.24) is 0 Å². The van der Waals surface area contributed by atoms with Gasteiger partial charge >= 0.3 is 0 Å². The van der Waals surface area contributed by atoms with Crippen LogP contribution in [0.3, 0.4) is 0 Å². The number of allylic oxidation sites excluding steroid dienone is 1. The fraction of sp³-hybridized carbons (Fsp3) is 0.727. The Labute approximate surface area is 78.6 Å². The van der Waals surface area contributed by atoms with Crippen molar-refractivity contribution >= 4 is 5.78 Å². The van der Waals surface area contributed by atoms with Crippen LogP contribution in [0.15, 0.2) is 11.8 Å². The van der Waals surface area contributed by atoms with E-state index in [1.165, 1.54) is 0 Å². The lowest BCUT2D eigenvalue weighted by Crippen LogP contribution is -2.14. The van der Waals surface area contributed by atoms with E-state index in [2.05, 4.69) is 0 Å². The topological polar surface area (TPSA) is 37.3 Å². The molecule has 0 aromatic heterocycles. The van der Waals surface area contributed by atoms with Crippen LogP contribution in [0.2, 0.25) is 0 Å². The van der Waals surface area contributed by atoms with E-state index >= 15 is 0 Å². The van der Waals surface area contributed by atoms with E-state index in [-0.39, 0.29) is 11.7 Å². The van der Waals surface area contributed by atoms with Gasteiger partial charge in [0, 0.05) is 11.5 Å². The number of ketones is 1. The highest BCUT2D eigenvalue weighted by Gasteiger charge is 2.33. The molecule has 2 aliphatic carbocycles. The molecule has 72 valence electrons. The van der Waals surface area contributed by atoms with Gasteiger partial charge in [-0.05, 0) is 31.6 Å². The molecule has 2 heteroatoms. The van der Waals surface area contributed by atoms with Crippen molar-refractivity contribution in [3.05, 3.63) is 11.8 Å². The van der Waals surface area contributed by atoms with E-state index in [1.54, 1.807) is 0 Å². The van der Waals surface area contributed by atoms with Gasteiger partial charge in [0.15, 0.2) is 5.78 Å². The first-order valence-corrected chi connectivity index (χ1v) is 5.21. The van der Waals surface area contributed by atoms with Crippen LogP contribution in [-0.4, -0.2) is 10.9 Å². The molecular weight excluding hydrogens is 164 g/mol. The van der Waals surface area contributed by atoms with Crippen LogP contribution in [0.1, 0.15) is 38.5 Å². The summed E-state index contributed by atoms with van der Waals surface area (Å²) >= 11 is 0. The SMILES string of the molecule is O=C1/C(=C/O)C2CCCC1CCC2. The number of hydrogen-bond acceptors (Lipinski definition) is 2. The number of fused-ring (bicyclic) bond motifs is 3. The molecule has 0 heterocycles. The number of Topliss-reactive ketones (excluding diaryl/α,β-unsaturated/α-hetero) is 1. The normalized spacial score (nSPS) is 37.5. The maximum absolute atomic E-state index is 11.8. The number of carbonyl (C=O) groups is 1. The van der Waals surface area contributed by atoms with Gasteiger partial charge in [-0.1, -0.05) is 12.8 Å². The van der Waals surface area contributed by atoms with Crippen LogP contribution in [0, 0.1) is 11.8 Å². The van der Waals surface area contributed by atoms with Gasteiger partial charge < -0.3 is 5.11 Å². The van der Waals surface area contributed by atoms with Crippen LogP contribution in [0.25, 0.3) is 0 Å². The zero-order valence-corrected chi connectivity index (χ0v) is 7.83. The van der Waals surface area contributed by atoms with Gasteiger partial charge in [-0.2, -0.15) is 0 Å². The lowest BCUT2D eigenvalue weighted by Gasteiger charge is -2.13. The Bertz CT molecular complexity index is 232. The maximum Gasteiger partial charge on any atom is 0.165 e. The molecule has 1 N–H and O–H groups in total. The zero-order valence-electron chi connectivity index (χ0n) is 7.83. The van der Waals surface area contributed by atoms with Crippen molar-refractivity contribution in [2.24, 2.45) is 11.8 Å². The van der Waals surface area contributed by atoms with E-state index < -0.39 is 0 Å². The fourth-order valence-corrected chi connectivity index (χ4v) is 2.69. The Morgan fingerprint density at radius 1 is 1.08 bits per heavy atom. The third-order valence-corrected chi connectivity index (χ3v) is 3.44. The minimum atomic E-state index is 0.214. The smallest absolute Gasteiger partial charge is 0.165 e. The van der Waals surface area contributed by atoms with Gasteiger partial charge in [-0.15, -0.1) is 0 Å². The molecule has 2 aliphatic rings. The van der Waals surface area contributed by atoms with Crippen LogP contribution < -0.4 is 0 Å². The van der Waals surface area contributed by atoms with Crippen LogP contribution >= 0.6 is 0 Å². The third kappa shape index (κ3) is 1.50. The summed E-state index contributed by atoms with van der Waals surface area (Å²) in [5.74, 6) is 0.790. The second-order valence-corrected chi connectivity index (χ2v) is 4.20. The average molecular weight is 180 g/mol. The van der Waals surface area contributed by atoms with Crippen molar-refractivity contribution in [2.45, 2.75) is 38.5 Å². The Kier molecular flexibility index (Phi) is 2.38. The second kappa shape index (κ2) is 3.52. The first kappa shape index (κ1) is 8.79. The van der Waals surface area contributed by atoms with E-state index in [9.17, 15) is 4.79 Å². The average Bonchev–Trinajstić information content (AvgIpc) is 2.30. The highest BCUT2D eigenvalue weighted by Crippen LogP contribution is 2.38. The molecule has 0 aromatic carbocycles. The maximum atomic E-state index is 11.8. The molecule has 2 fully saturated rings. The summed E-state index contributed by atoms with van der Waals surface area (Å²) in [5.41, 5.74) is 0.708. The molecule has 0 unspecified atom stereocenters. The first-order chi connectivity index (χ1) is 6.33. The quantitative estimate of drug-likeness (QED) is 0.459. The van der Waals surface area contributed by atoms with Crippen LogP contribution in [-0.2, 0) is 4.79 Å². The highest BCUT2D eigenvalue weighted by molar-refractivity contribution is 5.97. The minimum absolute atomic E-state index is 0.214. The molecule has 0 amide bonds. The molecule has 13 heavy (non-hydrogen) atoms. The molecule has 0 atom stereocenters. The molecule has 2 rings (SSSR count). The minimum Gasteiger partial charge on any atom is -0.515 e. The van der Waals surface area contributed by atoms with Gasteiger partial charge in [0.05, 0.1) is 6.26 Å². The first-order valence-electron chi connectivity index (χ1n) is 5.21. The predicted octanol–water partition coefficient (Wildman–Crippen LogP) is 2.60. The zero-order chi connectivity index (χ0) is 9.26. The predicted molar refractivity (Wildman–Crippen MR) is 50.4 cm³/mol. The summed E-state index contributed by atoms with van der Waals surface area (Å²) in [6.45, 7) is 0. The molecule has 2 nitrogen and oxygen atoms in total. The van der Waals surface area contributed by atoms with E-state index in [0.717, 1.165) is 44.8 Å². The van der Waals surface area contributed by atoms with Gasteiger partial charge in [0.2, 0.25) is 0 Å². The molecule has 0 aromatic rings. The van der Waals surface area contributed by atoms with E-state index in [1.807, 2.05) is 0 Å². The summed E-state index contributed by atoms with van der Waals surface area (Å²) < 4.78 is 0. The fourth-order valence-electron chi connectivity index (χ4n) is 2.69. The Morgan fingerprint density at radius 3 is 2.15 bits per heavy atom. The molecule has 2 bridgehead atoms. The summed E-state index contributed by atoms with van der Waals surface area (Å²) in [6, 6.07) is 0. The monoisotopic (exact) mass is 180 g/mol. The molecule has 0 saturated heterocycles. The van der Waals surface area contributed by atoms with Crippen LogP contribution in [0.4, 0.5) is 0 Å². The van der Waals surface area contributed by atoms with E-state index in [4.69, 9.17) is 5.11 Å². The van der Waals surface area contributed by atoms with Crippen molar-refractivity contribution in [3.63, 3.8) is 0 Å². The molecule has 0 spiro atoms. The van der Waals surface area contributed by atoms with Crippen molar-refractivity contribution in [2.75, 3.05) is 0 Å². The summed E-state index contributed by atoms with van der Waals surface area (Å²) in [6.07, 6.45) is 7.62. The number of aliphatic hydroxyl groups is 1. The van der Waals surface area contributed by atoms with Crippen molar-refractivity contribution in [3.8, 4) is 0 Å². The summed E-state index contributed by atoms with van der Waals surface area (Å²) in [4.78, 5) is 11.8. The van der Waals surface area contributed by atoms with Gasteiger partial charge in [-0.3, -0.25) is 4.79 Å². The van der Waals surface area contributed by atoms with Gasteiger partial charge in [-0.25, -0.2) is 0 Å². The number of carbonyl (C=O) groups excluding carboxylic acids is 1. The van der Waals surface area contributed by atoms with Crippen molar-refractivity contribution < 1.29 is 9.90 Å². The number of aliphatic hydroxyl groups excluding tert-OH is 1. The number of hydrogen-bond donors (Lipinski definition) is 1. The second-order valence-electron chi connectivity index (χ2n) is 4.20. The molecular formula is C11H16O2. The molecule has 0 aliphatic heterocycles. The lowest BCUT2D eigenvalue weighted by atomic mass is 9.91. The Hall–Kier alpha value is -0.790. The van der Waals surface area contributed by atoms with Crippen LogP contribution in [0.5, 0.6) is 0 Å². The molecule has 2 saturated carbocycles. The standard InChI is InChI=1S/C11H16O2/c12-7-10-8-3-1-5-9(11(10)13)6-2-4-8/h7-9,12H,1-6H2/b10-7+. The van der Waals surface area contributed by atoms with E-state index in [0.29, 0.717) is 11.5 Å². The largest absolute Gasteiger partial charge is 0.515 e. The van der Waals surface area contributed by atoms with Crippen molar-refractivity contribution in [1.29, 1.82) is 0 Å². The molecule has 0 radical (unpaired) electrons. The highest BCUT2D eigenvalue weighted by atomic mass is 16.2. The third-order valence-electron chi connectivity index (χ3n) is 3.44. The summed E-state index contributed by atoms with van der Waals surface area (Å²) in [5, 5.41) is 9.05.